The number of imidazole rings is 1. The Labute approximate surface area is 130 Å². The third kappa shape index (κ3) is 3.30. The van der Waals surface area contributed by atoms with Gasteiger partial charge in [-0.15, -0.1) is 0 Å². The summed E-state index contributed by atoms with van der Waals surface area (Å²) in [5.41, 5.74) is 1.67. The molecular weight excluding hydrogens is 278 g/mol. The van der Waals surface area contributed by atoms with Crippen LogP contribution in [0.15, 0.2) is 30.5 Å². The first-order valence-corrected chi connectivity index (χ1v) is 7.73. The van der Waals surface area contributed by atoms with E-state index in [0.717, 1.165) is 25.1 Å². The van der Waals surface area contributed by atoms with Gasteiger partial charge in [0.1, 0.15) is 11.6 Å². The van der Waals surface area contributed by atoms with E-state index in [9.17, 15) is 4.79 Å². The van der Waals surface area contributed by atoms with Crippen LogP contribution in [0.25, 0.3) is 0 Å². The van der Waals surface area contributed by atoms with Gasteiger partial charge in [0.25, 0.3) is 5.91 Å². The zero-order chi connectivity index (χ0) is 15.4. The van der Waals surface area contributed by atoms with Gasteiger partial charge in [-0.05, 0) is 31.0 Å². The van der Waals surface area contributed by atoms with Crippen LogP contribution in [0.4, 0.5) is 0 Å². The maximum Gasteiger partial charge on any atom is 0.251 e. The van der Waals surface area contributed by atoms with E-state index in [2.05, 4.69) is 21.1 Å². The van der Waals surface area contributed by atoms with Crippen molar-refractivity contribution in [1.29, 1.82) is 0 Å². The normalized spacial score (nSPS) is 13.5. The molecule has 5 nitrogen and oxygen atoms in total. The Balaban J connectivity index is 1.54. The summed E-state index contributed by atoms with van der Waals surface area (Å²) in [5.74, 6) is 1.79. The van der Waals surface area contributed by atoms with Crippen LogP contribution in [0.3, 0.4) is 0 Å². The Morgan fingerprint density at radius 1 is 1.41 bits per heavy atom. The van der Waals surface area contributed by atoms with Gasteiger partial charge in [0.15, 0.2) is 0 Å². The monoisotopic (exact) mass is 299 g/mol. The van der Waals surface area contributed by atoms with Crippen molar-refractivity contribution in [2.45, 2.75) is 32.2 Å². The highest BCUT2D eigenvalue weighted by Crippen LogP contribution is 2.15. The predicted octanol–water partition coefficient (Wildman–Crippen LogP) is 2.20. The van der Waals surface area contributed by atoms with Gasteiger partial charge in [0.2, 0.25) is 0 Å². The topological polar surface area (TPSA) is 56.1 Å². The summed E-state index contributed by atoms with van der Waals surface area (Å²) in [4.78, 5) is 16.7. The van der Waals surface area contributed by atoms with E-state index in [4.69, 9.17) is 4.74 Å². The van der Waals surface area contributed by atoms with Crippen LogP contribution in [-0.2, 0) is 19.4 Å². The number of hydrogen-bond acceptors (Lipinski definition) is 3. The molecule has 1 aromatic carbocycles. The van der Waals surface area contributed by atoms with Crippen LogP contribution in [-0.4, -0.2) is 29.1 Å². The van der Waals surface area contributed by atoms with E-state index in [0.29, 0.717) is 17.9 Å². The second-order valence-corrected chi connectivity index (χ2v) is 5.54. The molecule has 3 rings (SSSR count). The fraction of sp³-hybridized carbons (Fsp3) is 0.412. The lowest BCUT2D eigenvalue weighted by atomic mass is 10.2. The average Bonchev–Trinajstić information content (AvgIpc) is 2.97. The van der Waals surface area contributed by atoms with Gasteiger partial charge in [0, 0.05) is 37.7 Å². The summed E-state index contributed by atoms with van der Waals surface area (Å²) in [7, 11) is 1.59. The van der Waals surface area contributed by atoms with Crippen molar-refractivity contribution < 1.29 is 9.53 Å². The molecule has 0 radical (unpaired) electrons. The largest absolute Gasteiger partial charge is 0.497 e. The van der Waals surface area contributed by atoms with Crippen molar-refractivity contribution in [3.8, 4) is 5.75 Å². The standard InChI is InChI=1S/C17H21N3O2/c1-22-15-6-4-5-13(11-15)17(21)18-9-8-14-12-20-10-3-2-7-16(20)19-14/h4-6,11-12H,2-3,7-10H2,1H3,(H,18,21). The van der Waals surface area contributed by atoms with E-state index < -0.39 is 0 Å². The van der Waals surface area contributed by atoms with E-state index >= 15 is 0 Å². The van der Waals surface area contributed by atoms with Gasteiger partial charge in [-0.3, -0.25) is 4.79 Å². The fourth-order valence-electron chi connectivity index (χ4n) is 2.76. The number of methoxy groups -OCH3 is 1. The lowest BCUT2D eigenvalue weighted by Crippen LogP contribution is -2.25. The Morgan fingerprint density at radius 3 is 3.14 bits per heavy atom. The molecule has 0 saturated heterocycles. The molecule has 0 bridgehead atoms. The number of rotatable bonds is 5. The van der Waals surface area contributed by atoms with E-state index in [1.54, 1.807) is 19.2 Å². The van der Waals surface area contributed by atoms with Crippen molar-refractivity contribution in [3.63, 3.8) is 0 Å². The van der Waals surface area contributed by atoms with Crippen LogP contribution in [0, 0.1) is 0 Å². The van der Waals surface area contributed by atoms with Crippen molar-refractivity contribution in [3.05, 3.63) is 47.5 Å². The van der Waals surface area contributed by atoms with Gasteiger partial charge < -0.3 is 14.6 Å². The van der Waals surface area contributed by atoms with E-state index in [1.165, 1.54) is 18.7 Å². The molecule has 0 unspecified atom stereocenters. The number of aromatic nitrogens is 2. The Morgan fingerprint density at radius 2 is 2.32 bits per heavy atom. The maximum atomic E-state index is 12.1. The average molecular weight is 299 g/mol. The molecule has 1 aliphatic rings. The highest BCUT2D eigenvalue weighted by atomic mass is 16.5. The maximum absolute atomic E-state index is 12.1. The van der Waals surface area contributed by atoms with Gasteiger partial charge in [-0.1, -0.05) is 6.07 Å². The summed E-state index contributed by atoms with van der Waals surface area (Å²) in [6.07, 6.45) is 6.40. The number of amides is 1. The smallest absolute Gasteiger partial charge is 0.251 e. The summed E-state index contributed by atoms with van der Waals surface area (Å²) >= 11 is 0. The molecule has 1 N–H and O–H groups in total. The number of benzene rings is 1. The molecule has 1 aliphatic heterocycles. The molecule has 0 saturated carbocycles. The minimum Gasteiger partial charge on any atom is -0.497 e. The molecule has 0 atom stereocenters. The molecule has 1 amide bonds. The second-order valence-electron chi connectivity index (χ2n) is 5.54. The van der Waals surface area contributed by atoms with Crippen molar-refractivity contribution in [2.75, 3.05) is 13.7 Å². The summed E-state index contributed by atoms with van der Waals surface area (Å²) in [5, 5.41) is 2.94. The van der Waals surface area contributed by atoms with Crippen LogP contribution in [0.5, 0.6) is 5.75 Å². The SMILES string of the molecule is COc1cccc(C(=O)NCCc2cn3c(n2)CCCC3)c1. The van der Waals surface area contributed by atoms with E-state index in [-0.39, 0.29) is 5.91 Å². The third-order valence-electron chi connectivity index (χ3n) is 3.96. The molecule has 2 heterocycles. The number of carbonyl (C=O) groups excluding carboxylic acids is 1. The zero-order valence-electron chi connectivity index (χ0n) is 12.8. The number of ether oxygens (including phenoxy) is 1. The predicted molar refractivity (Wildman–Crippen MR) is 84.2 cm³/mol. The van der Waals surface area contributed by atoms with Gasteiger partial charge >= 0.3 is 0 Å². The van der Waals surface area contributed by atoms with Crippen LogP contribution < -0.4 is 10.1 Å². The van der Waals surface area contributed by atoms with Crippen LogP contribution in [0.2, 0.25) is 0 Å². The Bertz CT molecular complexity index is 640. The van der Waals surface area contributed by atoms with Gasteiger partial charge in [-0.2, -0.15) is 0 Å². The lowest BCUT2D eigenvalue weighted by Gasteiger charge is -2.11. The number of nitrogens with one attached hydrogen (secondary N) is 1. The third-order valence-corrected chi connectivity index (χ3v) is 3.96. The quantitative estimate of drug-likeness (QED) is 0.921. The molecule has 116 valence electrons. The molecule has 0 fully saturated rings. The zero-order valence-corrected chi connectivity index (χ0v) is 12.8. The number of aryl methyl sites for hydroxylation is 2. The second kappa shape index (κ2) is 6.64. The number of fused-ring (bicyclic) bond motifs is 1. The molecule has 1 aromatic heterocycles. The lowest BCUT2D eigenvalue weighted by molar-refractivity contribution is 0.0953. The Kier molecular flexibility index (Phi) is 4.42. The molecular formula is C17H21N3O2. The minimum absolute atomic E-state index is 0.0807. The fourth-order valence-corrected chi connectivity index (χ4v) is 2.76. The minimum atomic E-state index is -0.0807. The first kappa shape index (κ1) is 14.6. The molecule has 5 heteroatoms. The summed E-state index contributed by atoms with van der Waals surface area (Å²) < 4.78 is 7.37. The molecule has 2 aromatic rings. The van der Waals surface area contributed by atoms with E-state index in [1.807, 2.05) is 12.1 Å². The highest BCUT2D eigenvalue weighted by Gasteiger charge is 2.12. The van der Waals surface area contributed by atoms with Crippen molar-refractivity contribution in [2.24, 2.45) is 0 Å². The summed E-state index contributed by atoms with van der Waals surface area (Å²) in [6, 6.07) is 7.17. The number of carbonyl (C=O) groups is 1. The van der Waals surface area contributed by atoms with Crippen molar-refractivity contribution >= 4 is 5.91 Å². The van der Waals surface area contributed by atoms with Crippen LogP contribution in [0.1, 0.15) is 34.7 Å². The van der Waals surface area contributed by atoms with Gasteiger partial charge in [-0.25, -0.2) is 4.98 Å². The molecule has 0 aliphatic carbocycles. The van der Waals surface area contributed by atoms with Crippen LogP contribution >= 0.6 is 0 Å². The van der Waals surface area contributed by atoms with Gasteiger partial charge in [0.05, 0.1) is 12.8 Å². The van der Waals surface area contributed by atoms with Crippen molar-refractivity contribution in [1.82, 2.24) is 14.9 Å². The highest BCUT2D eigenvalue weighted by molar-refractivity contribution is 5.94. The first-order valence-electron chi connectivity index (χ1n) is 7.73. The number of nitrogens with zero attached hydrogens (tertiary/aromatic N) is 2. The molecule has 22 heavy (non-hydrogen) atoms. The molecule has 0 spiro atoms. The summed E-state index contributed by atoms with van der Waals surface area (Å²) in [6.45, 7) is 1.66. The first-order chi connectivity index (χ1) is 10.8. The Hall–Kier alpha value is -2.30. The number of hydrogen-bond donors (Lipinski definition) is 1.